The van der Waals surface area contributed by atoms with Crippen molar-refractivity contribution in [1.82, 2.24) is 0 Å². The van der Waals surface area contributed by atoms with Gasteiger partial charge in [0.05, 0.1) is 6.26 Å². The third-order valence-corrected chi connectivity index (χ3v) is 3.96. The number of hydrogen-bond acceptors (Lipinski definition) is 3. The average Bonchev–Trinajstić information content (AvgIpc) is 3.16. The Morgan fingerprint density at radius 3 is 2.35 bits per heavy atom. The zero-order chi connectivity index (χ0) is 18.4. The summed E-state index contributed by atoms with van der Waals surface area (Å²) in [6.45, 7) is 0. The highest BCUT2D eigenvalue weighted by molar-refractivity contribution is 9.10. The molecule has 3 aromatic rings. The van der Waals surface area contributed by atoms with Crippen molar-refractivity contribution in [3.8, 4) is 0 Å². The Hall–Kier alpha value is -3.12. The molecule has 0 aliphatic carbocycles. The Morgan fingerprint density at radius 1 is 0.923 bits per heavy atom. The summed E-state index contributed by atoms with van der Waals surface area (Å²) in [7, 11) is 0. The van der Waals surface area contributed by atoms with Crippen LogP contribution >= 0.6 is 15.9 Å². The molecule has 3 rings (SSSR count). The molecule has 0 saturated heterocycles. The summed E-state index contributed by atoms with van der Waals surface area (Å²) < 4.78 is 6.03. The van der Waals surface area contributed by atoms with Gasteiger partial charge in [-0.2, -0.15) is 0 Å². The molecule has 0 aliphatic rings. The lowest BCUT2D eigenvalue weighted by molar-refractivity contribution is -0.111. The summed E-state index contributed by atoms with van der Waals surface area (Å²) in [6.07, 6.45) is 4.62. The molecular formula is C20H15BrN2O3. The van der Waals surface area contributed by atoms with Crippen LogP contribution in [0.5, 0.6) is 0 Å². The number of anilines is 2. The van der Waals surface area contributed by atoms with Gasteiger partial charge in [0.1, 0.15) is 0 Å². The Morgan fingerprint density at radius 2 is 1.65 bits per heavy atom. The second kappa shape index (κ2) is 8.31. The van der Waals surface area contributed by atoms with Gasteiger partial charge in [-0.1, -0.05) is 34.1 Å². The van der Waals surface area contributed by atoms with Gasteiger partial charge >= 0.3 is 0 Å². The number of halogens is 1. The molecule has 5 nitrogen and oxygen atoms in total. The van der Waals surface area contributed by atoms with E-state index in [9.17, 15) is 9.59 Å². The molecule has 2 N–H and O–H groups in total. The fourth-order valence-electron chi connectivity index (χ4n) is 2.20. The molecule has 0 radical (unpaired) electrons. The van der Waals surface area contributed by atoms with Gasteiger partial charge in [0, 0.05) is 21.9 Å². The lowest BCUT2D eigenvalue weighted by Gasteiger charge is -2.07. The molecule has 2 amide bonds. The topological polar surface area (TPSA) is 71.3 Å². The molecular weight excluding hydrogens is 396 g/mol. The molecule has 0 unspecified atom stereocenters. The monoisotopic (exact) mass is 410 g/mol. The van der Waals surface area contributed by atoms with Crippen LogP contribution in [0, 0.1) is 0 Å². The Kier molecular flexibility index (Phi) is 5.66. The van der Waals surface area contributed by atoms with Gasteiger partial charge in [0.2, 0.25) is 5.91 Å². The number of hydrogen-bond donors (Lipinski definition) is 2. The van der Waals surface area contributed by atoms with Crippen LogP contribution in [0.4, 0.5) is 11.4 Å². The third kappa shape index (κ3) is 4.94. The largest absolute Gasteiger partial charge is 0.459 e. The van der Waals surface area contributed by atoms with Gasteiger partial charge in [-0.15, -0.1) is 0 Å². The van der Waals surface area contributed by atoms with E-state index in [1.165, 1.54) is 12.3 Å². The predicted octanol–water partition coefficient (Wildman–Crippen LogP) is 4.95. The fourth-order valence-corrected chi connectivity index (χ4v) is 2.47. The quantitative estimate of drug-likeness (QED) is 0.584. The van der Waals surface area contributed by atoms with Crippen molar-refractivity contribution in [2.75, 3.05) is 10.6 Å². The Balaban J connectivity index is 1.61. The van der Waals surface area contributed by atoms with E-state index >= 15 is 0 Å². The molecule has 0 bridgehead atoms. The maximum Gasteiger partial charge on any atom is 0.291 e. The minimum Gasteiger partial charge on any atom is -0.459 e. The lowest BCUT2D eigenvalue weighted by Crippen LogP contribution is -2.12. The molecule has 6 heteroatoms. The highest BCUT2D eigenvalue weighted by Gasteiger charge is 2.09. The van der Waals surface area contributed by atoms with E-state index in [4.69, 9.17) is 4.42 Å². The van der Waals surface area contributed by atoms with E-state index in [1.807, 2.05) is 24.3 Å². The van der Waals surface area contributed by atoms with Gasteiger partial charge in [0.25, 0.3) is 5.91 Å². The van der Waals surface area contributed by atoms with Crippen molar-refractivity contribution in [3.05, 3.63) is 88.8 Å². The van der Waals surface area contributed by atoms with E-state index in [0.29, 0.717) is 11.4 Å². The number of rotatable bonds is 5. The Labute approximate surface area is 158 Å². The summed E-state index contributed by atoms with van der Waals surface area (Å²) in [5.74, 6) is -0.395. The lowest BCUT2D eigenvalue weighted by atomic mass is 10.2. The van der Waals surface area contributed by atoms with Crippen LogP contribution in [0.25, 0.3) is 6.08 Å². The molecule has 0 fully saturated rings. The molecule has 0 saturated carbocycles. The number of carbonyl (C=O) groups excluding carboxylic acids is 2. The van der Waals surface area contributed by atoms with Crippen molar-refractivity contribution in [2.45, 2.75) is 0 Å². The van der Waals surface area contributed by atoms with Gasteiger partial charge < -0.3 is 15.1 Å². The van der Waals surface area contributed by atoms with E-state index in [1.54, 1.807) is 42.5 Å². The van der Waals surface area contributed by atoms with Crippen LogP contribution in [0.1, 0.15) is 16.1 Å². The normalized spacial score (nSPS) is 10.7. The van der Waals surface area contributed by atoms with E-state index in [0.717, 1.165) is 10.0 Å². The summed E-state index contributed by atoms with van der Waals surface area (Å²) in [4.78, 5) is 24.0. The molecule has 0 aliphatic heterocycles. The SMILES string of the molecule is O=C(C=Cc1ccc(Br)cc1)Nc1cccc(NC(=O)c2ccco2)c1. The van der Waals surface area contributed by atoms with Gasteiger partial charge in [-0.3, -0.25) is 9.59 Å². The minimum atomic E-state index is -0.353. The van der Waals surface area contributed by atoms with Crippen molar-refractivity contribution in [3.63, 3.8) is 0 Å². The zero-order valence-electron chi connectivity index (χ0n) is 13.6. The van der Waals surface area contributed by atoms with Crippen molar-refractivity contribution in [1.29, 1.82) is 0 Å². The summed E-state index contributed by atoms with van der Waals surface area (Å²) in [6, 6.07) is 17.7. The van der Waals surface area contributed by atoms with Gasteiger partial charge in [0.15, 0.2) is 5.76 Å². The molecule has 2 aromatic carbocycles. The van der Waals surface area contributed by atoms with Gasteiger partial charge in [-0.25, -0.2) is 0 Å². The number of furan rings is 1. The third-order valence-electron chi connectivity index (χ3n) is 3.43. The zero-order valence-corrected chi connectivity index (χ0v) is 15.2. The van der Waals surface area contributed by atoms with Crippen molar-refractivity contribution >= 4 is 45.2 Å². The van der Waals surface area contributed by atoms with Crippen LogP contribution < -0.4 is 10.6 Å². The highest BCUT2D eigenvalue weighted by atomic mass is 79.9. The van der Waals surface area contributed by atoms with Gasteiger partial charge in [-0.05, 0) is 54.1 Å². The second-order valence-electron chi connectivity index (χ2n) is 5.39. The van der Waals surface area contributed by atoms with E-state index < -0.39 is 0 Å². The number of benzene rings is 2. The first-order valence-electron chi connectivity index (χ1n) is 7.80. The first kappa shape index (κ1) is 17.7. The maximum absolute atomic E-state index is 12.1. The number of carbonyl (C=O) groups is 2. The molecule has 0 atom stereocenters. The standard InChI is InChI=1S/C20H15BrN2O3/c21-15-9-6-14(7-10-15)8-11-19(24)22-16-3-1-4-17(13-16)23-20(25)18-5-2-12-26-18/h1-13H,(H,22,24)(H,23,25). The predicted molar refractivity (Wildman–Crippen MR) is 105 cm³/mol. The molecule has 1 aromatic heterocycles. The van der Waals surface area contributed by atoms with E-state index in [2.05, 4.69) is 26.6 Å². The summed E-state index contributed by atoms with van der Waals surface area (Å²) >= 11 is 3.37. The molecule has 130 valence electrons. The first-order chi connectivity index (χ1) is 12.6. The summed E-state index contributed by atoms with van der Waals surface area (Å²) in [5.41, 5.74) is 2.05. The number of amides is 2. The van der Waals surface area contributed by atoms with Crippen LogP contribution in [-0.4, -0.2) is 11.8 Å². The van der Waals surface area contributed by atoms with E-state index in [-0.39, 0.29) is 17.6 Å². The fraction of sp³-hybridized carbons (Fsp3) is 0. The average molecular weight is 411 g/mol. The molecule has 26 heavy (non-hydrogen) atoms. The molecule has 0 spiro atoms. The minimum absolute atomic E-state index is 0.219. The number of nitrogens with one attached hydrogen (secondary N) is 2. The van der Waals surface area contributed by atoms with Crippen LogP contribution in [0.2, 0.25) is 0 Å². The Bertz CT molecular complexity index is 932. The van der Waals surface area contributed by atoms with Crippen molar-refractivity contribution < 1.29 is 14.0 Å². The van der Waals surface area contributed by atoms with Crippen LogP contribution in [0.15, 0.2) is 81.9 Å². The van der Waals surface area contributed by atoms with Crippen LogP contribution in [0.3, 0.4) is 0 Å². The first-order valence-corrected chi connectivity index (χ1v) is 8.59. The molecule has 1 heterocycles. The van der Waals surface area contributed by atoms with Crippen LogP contribution in [-0.2, 0) is 4.79 Å². The maximum atomic E-state index is 12.1. The van der Waals surface area contributed by atoms with Crippen molar-refractivity contribution in [2.24, 2.45) is 0 Å². The smallest absolute Gasteiger partial charge is 0.291 e. The highest BCUT2D eigenvalue weighted by Crippen LogP contribution is 2.17. The second-order valence-corrected chi connectivity index (χ2v) is 6.30. The summed E-state index contributed by atoms with van der Waals surface area (Å²) in [5, 5.41) is 5.48.